The number of rotatable bonds is 6. The summed E-state index contributed by atoms with van der Waals surface area (Å²) in [6.45, 7) is 9.38. The van der Waals surface area contributed by atoms with Crippen LogP contribution in [0.5, 0.6) is 0 Å². The summed E-state index contributed by atoms with van der Waals surface area (Å²) in [5, 5.41) is 10.1. The molecule has 0 aromatic rings. The zero-order chi connectivity index (χ0) is 14.5. The van der Waals surface area contributed by atoms with Crippen LogP contribution >= 0.6 is 11.6 Å². The fraction of sp³-hybridized carbons (Fsp3) is 0.600. The van der Waals surface area contributed by atoms with E-state index in [4.69, 9.17) is 21.1 Å². The molecule has 2 unspecified atom stereocenters. The van der Waals surface area contributed by atoms with Gasteiger partial charge in [-0.25, -0.2) is 0 Å². The highest BCUT2D eigenvalue weighted by Crippen LogP contribution is 2.38. The molecule has 0 bridgehead atoms. The number of hydrogen-bond acceptors (Lipinski definition) is 3. The van der Waals surface area contributed by atoms with E-state index in [0.717, 1.165) is 18.4 Å². The minimum Gasteiger partial charge on any atom is -0.394 e. The maximum atomic E-state index is 9.50. The molecule has 0 saturated carbocycles. The van der Waals surface area contributed by atoms with E-state index in [2.05, 4.69) is 6.58 Å². The van der Waals surface area contributed by atoms with Crippen molar-refractivity contribution in [3.8, 4) is 0 Å². The minimum atomic E-state index is -0.627. The molecule has 108 valence electrons. The van der Waals surface area contributed by atoms with Gasteiger partial charge in [0.1, 0.15) is 12.2 Å². The molecule has 1 heterocycles. The van der Waals surface area contributed by atoms with E-state index < -0.39 is 11.9 Å². The molecule has 4 heteroatoms. The zero-order valence-electron chi connectivity index (χ0n) is 11.9. The van der Waals surface area contributed by atoms with Crippen molar-refractivity contribution in [1.82, 2.24) is 0 Å². The van der Waals surface area contributed by atoms with Gasteiger partial charge in [-0.3, -0.25) is 0 Å². The number of aliphatic hydroxyl groups is 1. The Morgan fingerprint density at radius 2 is 2.00 bits per heavy atom. The van der Waals surface area contributed by atoms with Gasteiger partial charge in [0, 0.05) is 5.03 Å². The van der Waals surface area contributed by atoms with Crippen molar-refractivity contribution in [2.45, 2.75) is 51.6 Å². The van der Waals surface area contributed by atoms with Crippen molar-refractivity contribution >= 4 is 11.6 Å². The third kappa shape index (κ3) is 3.69. The smallest absolute Gasteiger partial charge is 0.169 e. The largest absolute Gasteiger partial charge is 0.394 e. The van der Waals surface area contributed by atoms with Crippen LogP contribution in [-0.2, 0) is 9.47 Å². The van der Waals surface area contributed by atoms with Crippen LogP contribution < -0.4 is 0 Å². The monoisotopic (exact) mass is 286 g/mol. The van der Waals surface area contributed by atoms with Gasteiger partial charge >= 0.3 is 0 Å². The summed E-state index contributed by atoms with van der Waals surface area (Å²) < 4.78 is 12.0. The van der Waals surface area contributed by atoms with Crippen LogP contribution in [0.1, 0.15) is 33.6 Å². The van der Waals surface area contributed by atoms with Gasteiger partial charge in [-0.2, -0.15) is 0 Å². The topological polar surface area (TPSA) is 38.7 Å². The van der Waals surface area contributed by atoms with Crippen LogP contribution in [0, 0.1) is 0 Å². The lowest BCUT2D eigenvalue weighted by molar-refractivity contribution is -0.179. The summed E-state index contributed by atoms with van der Waals surface area (Å²) in [6, 6.07) is 0. The first-order valence-corrected chi connectivity index (χ1v) is 7.03. The standard InChI is InChI=1S/C15H23ClO3/c1-5-8-9-12(11(4)16)14-13(10-17)18-15(6-2,7-3)19-14/h5,8-9,13-14,17H,1,6-7,10H2,2-4H3/b9-8-,12-11-. The maximum Gasteiger partial charge on any atom is 0.169 e. The molecule has 1 rings (SSSR count). The Balaban J connectivity index is 3.06. The Morgan fingerprint density at radius 1 is 1.37 bits per heavy atom. The molecule has 1 saturated heterocycles. The van der Waals surface area contributed by atoms with E-state index in [1.54, 1.807) is 19.1 Å². The first-order valence-electron chi connectivity index (χ1n) is 6.65. The molecule has 0 spiro atoms. The van der Waals surface area contributed by atoms with Gasteiger partial charge in [0.2, 0.25) is 0 Å². The summed E-state index contributed by atoms with van der Waals surface area (Å²) in [4.78, 5) is 0. The lowest BCUT2D eigenvalue weighted by Gasteiger charge is -2.25. The highest BCUT2D eigenvalue weighted by Gasteiger charge is 2.46. The van der Waals surface area contributed by atoms with Gasteiger partial charge in [0.05, 0.1) is 6.61 Å². The summed E-state index contributed by atoms with van der Waals surface area (Å²) in [5.74, 6) is -0.627. The van der Waals surface area contributed by atoms with Crippen molar-refractivity contribution in [2.75, 3.05) is 6.61 Å². The second-order valence-electron chi connectivity index (χ2n) is 4.58. The number of ether oxygens (including phenoxy) is 2. The van der Waals surface area contributed by atoms with Gasteiger partial charge < -0.3 is 14.6 Å². The van der Waals surface area contributed by atoms with Crippen LogP contribution in [0.15, 0.2) is 35.4 Å². The number of aliphatic hydroxyl groups excluding tert-OH is 1. The number of hydrogen-bond donors (Lipinski definition) is 1. The average molecular weight is 287 g/mol. The van der Waals surface area contributed by atoms with Gasteiger partial charge in [-0.05, 0) is 25.3 Å². The Morgan fingerprint density at radius 3 is 2.42 bits per heavy atom. The lowest BCUT2D eigenvalue weighted by Crippen LogP contribution is -2.29. The van der Waals surface area contributed by atoms with Crippen LogP contribution in [0.3, 0.4) is 0 Å². The molecule has 1 fully saturated rings. The van der Waals surface area contributed by atoms with Crippen molar-refractivity contribution in [1.29, 1.82) is 0 Å². The Kier molecular flexibility index (Phi) is 6.27. The van der Waals surface area contributed by atoms with Crippen molar-refractivity contribution < 1.29 is 14.6 Å². The van der Waals surface area contributed by atoms with E-state index in [9.17, 15) is 5.11 Å². The molecule has 0 radical (unpaired) electrons. The molecule has 0 aromatic heterocycles. The Bertz CT molecular complexity index is 366. The predicted molar refractivity (Wildman–Crippen MR) is 78.0 cm³/mol. The van der Waals surface area contributed by atoms with Crippen molar-refractivity contribution in [3.05, 3.63) is 35.4 Å². The van der Waals surface area contributed by atoms with Crippen LogP contribution in [0.2, 0.25) is 0 Å². The average Bonchev–Trinajstić information content (AvgIpc) is 2.78. The molecule has 1 aliphatic heterocycles. The van der Waals surface area contributed by atoms with Crippen LogP contribution in [0.4, 0.5) is 0 Å². The van der Waals surface area contributed by atoms with E-state index >= 15 is 0 Å². The minimum absolute atomic E-state index is 0.0952. The lowest BCUT2D eigenvalue weighted by atomic mass is 10.0. The van der Waals surface area contributed by atoms with Crippen LogP contribution in [0.25, 0.3) is 0 Å². The van der Waals surface area contributed by atoms with Crippen LogP contribution in [-0.4, -0.2) is 29.7 Å². The quantitative estimate of drug-likeness (QED) is 0.759. The molecule has 0 aromatic carbocycles. The van der Waals surface area contributed by atoms with Crippen molar-refractivity contribution in [2.24, 2.45) is 0 Å². The molecule has 19 heavy (non-hydrogen) atoms. The summed E-state index contributed by atoms with van der Waals surface area (Å²) >= 11 is 6.14. The molecule has 0 amide bonds. The molecule has 0 aliphatic carbocycles. The number of halogens is 1. The van der Waals surface area contributed by atoms with E-state index in [1.165, 1.54) is 0 Å². The van der Waals surface area contributed by atoms with Gasteiger partial charge in [0.15, 0.2) is 5.79 Å². The summed E-state index contributed by atoms with van der Waals surface area (Å²) in [7, 11) is 0. The molecule has 1 N–H and O–H groups in total. The molecular weight excluding hydrogens is 264 g/mol. The molecule has 1 aliphatic rings. The normalized spacial score (nSPS) is 27.6. The molecule has 3 nitrogen and oxygen atoms in total. The molecular formula is C15H23ClO3. The third-order valence-electron chi connectivity index (χ3n) is 3.42. The fourth-order valence-corrected chi connectivity index (χ4v) is 2.40. The van der Waals surface area contributed by atoms with Gasteiger partial charge in [-0.1, -0.05) is 50.3 Å². The second-order valence-corrected chi connectivity index (χ2v) is 5.15. The van der Waals surface area contributed by atoms with E-state index in [1.807, 2.05) is 19.9 Å². The fourth-order valence-electron chi connectivity index (χ4n) is 2.23. The van der Waals surface area contributed by atoms with Gasteiger partial charge in [-0.15, -0.1) is 0 Å². The highest BCUT2D eigenvalue weighted by molar-refractivity contribution is 6.29. The predicted octanol–water partition coefficient (Wildman–Crippen LogP) is 3.53. The Hall–Kier alpha value is -0.610. The van der Waals surface area contributed by atoms with Gasteiger partial charge in [0.25, 0.3) is 0 Å². The SMILES string of the molecule is C=C/C=C\C(=C(/C)Cl)C1OC(CC)(CC)OC1CO. The Labute approximate surface area is 120 Å². The van der Waals surface area contributed by atoms with E-state index in [0.29, 0.717) is 5.03 Å². The first kappa shape index (κ1) is 16.4. The van der Waals surface area contributed by atoms with Crippen molar-refractivity contribution in [3.63, 3.8) is 0 Å². The molecule has 2 atom stereocenters. The van der Waals surface area contributed by atoms with E-state index in [-0.39, 0.29) is 12.7 Å². The second kappa shape index (κ2) is 7.25. The first-order chi connectivity index (χ1) is 9.03. The zero-order valence-corrected chi connectivity index (χ0v) is 12.6. The maximum absolute atomic E-state index is 9.50. The third-order valence-corrected chi connectivity index (χ3v) is 3.64. The summed E-state index contributed by atoms with van der Waals surface area (Å²) in [5.41, 5.74) is 0.824. The number of allylic oxidation sites excluding steroid dienone is 3. The summed E-state index contributed by atoms with van der Waals surface area (Å²) in [6.07, 6.45) is 6.06. The highest BCUT2D eigenvalue weighted by atomic mass is 35.5.